The molecule has 2 N–H and O–H groups in total. The molecule has 0 unspecified atom stereocenters. The minimum atomic E-state index is -0.169. The first kappa shape index (κ1) is 17.8. The van der Waals surface area contributed by atoms with Gasteiger partial charge in [0.15, 0.2) is 0 Å². The van der Waals surface area contributed by atoms with Crippen LogP contribution < -0.4 is 15.5 Å². The summed E-state index contributed by atoms with van der Waals surface area (Å²) in [6.07, 6.45) is 0.300. The third kappa shape index (κ3) is 4.56. The highest BCUT2D eigenvalue weighted by atomic mass is 16.5. The molecule has 1 saturated heterocycles. The normalized spacial score (nSPS) is 21.4. The third-order valence-corrected chi connectivity index (χ3v) is 4.61. The molecule has 0 spiro atoms. The fraction of sp³-hybridized carbons (Fsp3) is 0.556. The van der Waals surface area contributed by atoms with Crippen molar-refractivity contribution in [2.24, 2.45) is 0 Å². The number of carbonyl (C=O) groups is 2. The number of ether oxygens (including phenoxy) is 1. The zero-order valence-corrected chi connectivity index (χ0v) is 14.7. The molecular weight excluding hydrogens is 320 g/mol. The molecule has 7 nitrogen and oxygen atoms in total. The lowest BCUT2D eigenvalue weighted by Gasteiger charge is -2.29. The van der Waals surface area contributed by atoms with Crippen LogP contribution in [0.4, 0.5) is 11.4 Å². The van der Waals surface area contributed by atoms with Crippen molar-refractivity contribution in [1.82, 2.24) is 10.2 Å². The highest BCUT2D eigenvalue weighted by molar-refractivity contribution is 6.04. The van der Waals surface area contributed by atoms with Gasteiger partial charge in [0.05, 0.1) is 31.1 Å². The molecule has 1 atom stereocenters. The van der Waals surface area contributed by atoms with E-state index in [2.05, 4.69) is 15.5 Å². The molecule has 25 heavy (non-hydrogen) atoms. The van der Waals surface area contributed by atoms with Crippen molar-refractivity contribution in [3.05, 3.63) is 24.3 Å². The van der Waals surface area contributed by atoms with Gasteiger partial charge in [-0.25, -0.2) is 0 Å². The second-order valence-corrected chi connectivity index (χ2v) is 6.51. The molecule has 2 heterocycles. The zero-order valence-electron chi connectivity index (χ0n) is 14.7. The first-order valence-corrected chi connectivity index (χ1v) is 8.87. The summed E-state index contributed by atoms with van der Waals surface area (Å²) in [5.74, 6) is -0.0750. The van der Waals surface area contributed by atoms with Crippen molar-refractivity contribution in [3.8, 4) is 0 Å². The maximum Gasteiger partial charge on any atom is 0.241 e. The van der Waals surface area contributed by atoms with Gasteiger partial charge in [-0.3, -0.25) is 14.5 Å². The number of anilines is 2. The van der Waals surface area contributed by atoms with E-state index in [-0.39, 0.29) is 24.4 Å². The van der Waals surface area contributed by atoms with Crippen LogP contribution in [0, 0.1) is 0 Å². The van der Waals surface area contributed by atoms with E-state index in [4.69, 9.17) is 4.74 Å². The van der Waals surface area contributed by atoms with Crippen LogP contribution in [0.2, 0.25) is 0 Å². The van der Waals surface area contributed by atoms with Crippen LogP contribution in [-0.4, -0.2) is 68.7 Å². The topological polar surface area (TPSA) is 73.9 Å². The van der Waals surface area contributed by atoms with E-state index in [1.165, 1.54) is 0 Å². The summed E-state index contributed by atoms with van der Waals surface area (Å²) in [6.45, 7) is 7.28. The van der Waals surface area contributed by atoms with Gasteiger partial charge in [-0.05, 0) is 19.1 Å². The molecule has 2 amide bonds. The Morgan fingerprint density at radius 1 is 1.32 bits per heavy atom. The van der Waals surface area contributed by atoms with Gasteiger partial charge >= 0.3 is 0 Å². The van der Waals surface area contributed by atoms with Crippen LogP contribution in [0.25, 0.3) is 0 Å². The molecule has 2 aliphatic rings. The Labute approximate surface area is 148 Å². The lowest BCUT2D eigenvalue weighted by molar-refractivity contribution is -0.118. The van der Waals surface area contributed by atoms with Gasteiger partial charge in [0.1, 0.15) is 0 Å². The lowest BCUT2D eigenvalue weighted by atomic mass is 10.1. The Bertz CT molecular complexity index is 616. The minimum absolute atomic E-state index is 0.0153. The van der Waals surface area contributed by atoms with Crippen molar-refractivity contribution in [1.29, 1.82) is 0 Å². The smallest absolute Gasteiger partial charge is 0.241 e. The Hall–Kier alpha value is -1.96. The van der Waals surface area contributed by atoms with E-state index >= 15 is 0 Å². The summed E-state index contributed by atoms with van der Waals surface area (Å²) in [5.41, 5.74) is 1.46. The molecular formula is C18H26N4O3. The monoisotopic (exact) mass is 346 g/mol. The summed E-state index contributed by atoms with van der Waals surface area (Å²) in [4.78, 5) is 28.8. The molecule has 2 aliphatic heterocycles. The van der Waals surface area contributed by atoms with Crippen LogP contribution in [-0.2, 0) is 14.3 Å². The fourth-order valence-electron chi connectivity index (χ4n) is 3.31. The van der Waals surface area contributed by atoms with Crippen LogP contribution >= 0.6 is 0 Å². The lowest BCUT2D eigenvalue weighted by Crippen LogP contribution is -2.46. The van der Waals surface area contributed by atoms with E-state index in [0.29, 0.717) is 12.1 Å². The number of hydrogen-bond acceptors (Lipinski definition) is 5. The van der Waals surface area contributed by atoms with Crippen LogP contribution in [0.3, 0.4) is 0 Å². The largest absolute Gasteiger partial charge is 0.379 e. The van der Waals surface area contributed by atoms with Crippen LogP contribution in [0.5, 0.6) is 0 Å². The summed E-state index contributed by atoms with van der Waals surface area (Å²) in [5, 5.41) is 6.11. The maximum absolute atomic E-state index is 12.8. The zero-order chi connectivity index (χ0) is 17.6. The summed E-state index contributed by atoms with van der Waals surface area (Å²) in [6, 6.07) is 7.28. The highest BCUT2D eigenvalue weighted by Crippen LogP contribution is 2.31. The van der Waals surface area contributed by atoms with E-state index in [0.717, 1.165) is 45.1 Å². The predicted molar refractivity (Wildman–Crippen MR) is 96.8 cm³/mol. The molecule has 136 valence electrons. The quantitative estimate of drug-likeness (QED) is 0.767. The molecule has 0 aliphatic carbocycles. The molecule has 0 bridgehead atoms. The van der Waals surface area contributed by atoms with Gasteiger partial charge in [0, 0.05) is 38.6 Å². The van der Waals surface area contributed by atoms with Gasteiger partial charge in [-0.2, -0.15) is 0 Å². The molecule has 0 radical (unpaired) electrons. The van der Waals surface area contributed by atoms with Gasteiger partial charge in [0.25, 0.3) is 0 Å². The van der Waals surface area contributed by atoms with Crippen molar-refractivity contribution in [3.63, 3.8) is 0 Å². The first-order chi connectivity index (χ1) is 12.1. The number of hydrogen-bond donors (Lipinski definition) is 2. The Morgan fingerprint density at radius 3 is 2.88 bits per heavy atom. The van der Waals surface area contributed by atoms with Crippen molar-refractivity contribution in [2.75, 3.05) is 56.2 Å². The number of nitrogens with one attached hydrogen (secondary N) is 2. The molecule has 3 rings (SSSR count). The van der Waals surface area contributed by atoms with Crippen molar-refractivity contribution < 1.29 is 14.3 Å². The van der Waals surface area contributed by atoms with Crippen molar-refractivity contribution >= 4 is 23.2 Å². The number of benzene rings is 1. The number of para-hydroxylation sites is 2. The summed E-state index contributed by atoms with van der Waals surface area (Å²) >= 11 is 0. The molecule has 0 aromatic heterocycles. The molecule has 0 saturated carbocycles. The second-order valence-electron chi connectivity index (χ2n) is 6.51. The SMILES string of the molecule is C[C@H]1CC(=O)Nc2ccccc2N1C(=O)CNCCN1CCOCC1. The van der Waals surface area contributed by atoms with E-state index in [1.54, 1.807) is 4.90 Å². The third-order valence-electron chi connectivity index (χ3n) is 4.61. The van der Waals surface area contributed by atoms with Gasteiger partial charge in [0.2, 0.25) is 11.8 Å². The van der Waals surface area contributed by atoms with E-state index in [1.807, 2.05) is 31.2 Å². The molecule has 1 fully saturated rings. The fourth-order valence-corrected chi connectivity index (χ4v) is 3.31. The number of carbonyl (C=O) groups excluding carboxylic acids is 2. The highest BCUT2D eigenvalue weighted by Gasteiger charge is 2.29. The second kappa shape index (κ2) is 8.42. The van der Waals surface area contributed by atoms with Crippen molar-refractivity contribution in [2.45, 2.75) is 19.4 Å². The number of nitrogens with zero attached hydrogens (tertiary/aromatic N) is 2. The van der Waals surface area contributed by atoms with E-state index < -0.39 is 0 Å². The standard InChI is InChI=1S/C18H26N4O3/c1-14-12-17(23)20-15-4-2-3-5-16(15)22(14)18(24)13-19-6-7-21-8-10-25-11-9-21/h2-5,14,19H,6-13H2,1H3,(H,20,23)/t14-/m0/s1. The molecule has 1 aromatic rings. The van der Waals surface area contributed by atoms with E-state index in [9.17, 15) is 9.59 Å². The molecule has 7 heteroatoms. The average Bonchev–Trinajstić information content (AvgIpc) is 2.73. The van der Waals surface area contributed by atoms with Crippen LogP contribution in [0.1, 0.15) is 13.3 Å². The average molecular weight is 346 g/mol. The first-order valence-electron chi connectivity index (χ1n) is 8.87. The number of amides is 2. The van der Waals surface area contributed by atoms with Gasteiger partial charge in [-0.1, -0.05) is 12.1 Å². The van der Waals surface area contributed by atoms with Gasteiger partial charge in [-0.15, -0.1) is 0 Å². The minimum Gasteiger partial charge on any atom is -0.379 e. The maximum atomic E-state index is 12.8. The summed E-state index contributed by atoms with van der Waals surface area (Å²) < 4.78 is 5.33. The summed E-state index contributed by atoms with van der Waals surface area (Å²) in [7, 11) is 0. The van der Waals surface area contributed by atoms with Crippen LogP contribution in [0.15, 0.2) is 24.3 Å². The number of morpholine rings is 1. The number of fused-ring (bicyclic) bond motifs is 1. The Kier molecular flexibility index (Phi) is 6.01. The van der Waals surface area contributed by atoms with Gasteiger partial charge < -0.3 is 20.3 Å². The molecule has 1 aromatic carbocycles. The number of rotatable bonds is 5. The Balaban J connectivity index is 1.57. The predicted octanol–water partition coefficient (Wildman–Crippen LogP) is 0.672. The Morgan fingerprint density at radius 2 is 2.08 bits per heavy atom.